The van der Waals surface area contributed by atoms with Gasteiger partial charge < -0.3 is 5.21 Å². The number of alkyl halides is 7. The molecule has 1 N–H and O–H groups in total. The number of hydrogen-bond acceptors (Lipinski definition) is 2. The number of aryl methyl sites for hydroxylation is 2. The van der Waals surface area contributed by atoms with Crippen molar-refractivity contribution in [2.45, 2.75) is 31.9 Å². The van der Waals surface area contributed by atoms with Crippen LogP contribution in [0.3, 0.4) is 0 Å². The maximum atomic E-state index is 13.9. The van der Waals surface area contributed by atoms with Crippen molar-refractivity contribution < 1.29 is 35.9 Å². The Bertz CT molecular complexity index is 523. The van der Waals surface area contributed by atoms with E-state index in [9.17, 15) is 30.7 Å². The SMILES string of the molecule is Cc1cc(C(F)(C(F)(F)F)C(F)(F)F)cc(C)c1/C=N/O. The van der Waals surface area contributed by atoms with Crippen LogP contribution in [0.5, 0.6) is 0 Å². The molecule has 1 aromatic carbocycles. The van der Waals surface area contributed by atoms with Crippen molar-refractivity contribution in [2.24, 2.45) is 5.16 Å². The number of rotatable bonds is 2. The summed E-state index contributed by atoms with van der Waals surface area (Å²) in [5.74, 6) is 0. The van der Waals surface area contributed by atoms with Crippen LogP contribution in [0.15, 0.2) is 17.3 Å². The van der Waals surface area contributed by atoms with E-state index in [1.165, 1.54) is 13.8 Å². The molecule has 1 aromatic rings. The Morgan fingerprint density at radius 2 is 1.29 bits per heavy atom. The molecular formula is C12H10F7NO. The van der Waals surface area contributed by atoms with Crippen molar-refractivity contribution in [3.8, 4) is 0 Å². The number of oxime groups is 1. The van der Waals surface area contributed by atoms with Gasteiger partial charge in [0.1, 0.15) is 0 Å². The Balaban J connectivity index is 3.64. The lowest BCUT2D eigenvalue weighted by molar-refractivity contribution is -0.348. The van der Waals surface area contributed by atoms with Crippen LogP contribution in [0, 0.1) is 13.8 Å². The van der Waals surface area contributed by atoms with Gasteiger partial charge in [0.25, 0.3) is 0 Å². The fraction of sp³-hybridized carbons (Fsp3) is 0.417. The zero-order chi connectivity index (χ0) is 16.6. The third-order valence-electron chi connectivity index (χ3n) is 2.96. The molecule has 0 atom stereocenters. The summed E-state index contributed by atoms with van der Waals surface area (Å²) in [6, 6.07) is 0.871. The molecule has 0 unspecified atom stereocenters. The Kier molecular flexibility index (Phi) is 4.27. The first-order valence-electron chi connectivity index (χ1n) is 5.47. The standard InChI is InChI=1S/C12H10F7NO/c1-6-3-8(4-7(2)9(6)5-20-21)10(13,11(14,15)16)12(17,18)19/h3-5,21H,1-2H3/b20-5+. The highest BCUT2D eigenvalue weighted by atomic mass is 19.4. The van der Waals surface area contributed by atoms with Crippen molar-refractivity contribution in [3.05, 3.63) is 34.4 Å². The molecule has 1 rings (SSSR count). The monoisotopic (exact) mass is 317 g/mol. The Morgan fingerprint density at radius 3 is 1.57 bits per heavy atom. The second-order valence-corrected chi connectivity index (χ2v) is 4.42. The summed E-state index contributed by atoms with van der Waals surface area (Å²) in [5.41, 5.74) is -7.10. The number of hydrogen-bond donors (Lipinski definition) is 1. The van der Waals surface area contributed by atoms with Crippen LogP contribution < -0.4 is 0 Å². The zero-order valence-electron chi connectivity index (χ0n) is 10.8. The van der Waals surface area contributed by atoms with Crippen LogP contribution in [0.1, 0.15) is 22.3 Å². The van der Waals surface area contributed by atoms with E-state index in [0.29, 0.717) is 12.1 Å². The maximum Gasteiger partial charge on any atom is 0.435 e. The lowest BCUT2D eigenvalue weighted by Crippen LogP contribution is -2.50. The van der Waals surface area contributed by atoms with Crippen LogP contribution in [0.4, 0.5) is 30.7 Å². The average molecular weight is 317 g/mol. The molecule has 0 amide bonds. The molecule has 0 aliphatic rings. The fourth-order valence-corrected chi connectivity index (χ4v) is 1.92. The molecule has 0 bridgehead atoms. The van der Waals surface area contributed by atoms with Gasteiger partial charge in [-0.2, -0.15) is 26.3 Å². The molecule has 2 nitrogen and oxygen atoms in total. The zero-order valence-corrected chi connectivity index (χ0v) is 10.8. The topological polar surface area (TPSA) is 32.6 Å². The van der Waals surface area contributed by atoms with Crippen molar-refractivity contribution in [1.82, 2.24) is 0 Å². The van der Waals surface area contributed by atoms with Crippen molar-refractivity contribution in [2.75, 3.05) is 0 Å². The van der Waals surface area contributed by atoms with Crippen molar-refractivity contribution >= 4 is 6.21 Å². The van der Waals surface area contributed by atoms with Gasteiger partial charge in [-0.25, -0.2) is 4.39 Å². The smallest absolute Gasteiger partial charge is 0.411 e. The van der Waals surface area contributed by atoms with Crippen molar-refractivity contribution in [3.63, 3.8) is 0 Å². The van der Waals surface area contributed by atoms with Crippen LogP contribution in [-0.2, 0) is 5.67 Å². The molecule has 0 saturated heterocycles. The van der Waals surface area contributed by atoms with Gasteiger partial charge in [-0.1, -0.05) is 17.3 Å². The van der Waals surface area contributed by atoms with Crippen LogP contribution in [0.2, 0.25) is 0 Å². The normalized spacial score (nSPS) is 14.0. The lowest BCUT2D eigenvalue weighted by atomic mass is 9.89. The van der Waals surface area contributed by atoms with Gasteiger partial charge in [-0.05, 0) is 25.0 Å². The molecule has 118 valence electrons. The summed E-state index contributed by atoms with van der Waals surface area (Å²) >= 11 is 0. The summed E-state index contributed by atoms with van der Waals surface area (Å²) in [6.45, 7) is 2.36. The molecule has 0 fully saturated rings. The van der Waals surface area contributed by atoms with Crippen LogP contribution >= 0.6 is 0 Å². The third-order valence-corrected chi connectivity index (χ3v) is 2.96. The highest BCUT2D eigenvalue weighted by Gasteiger charge is 2.73. The van der Waals surface area contributed by atoms with E-state index in [1.807, 2.05) is 0 Å². The average Bonchev–Trinajstić information content (AvgIpc) is 2.29. The van der Waals surface area contributed by atoms with E-state index < -0.39 is 23.6 Å². The van der Waals surface area contributed by atoms with E-state index in [-0.39, 0.29) is 16.7 Å². The predicted molar refractivity (Wildman–Crippen MR) is 60.2 cm³/mol. The molecule has 0 saturated carbocycles. The number of benzene rings is 1. The minimum atomic E-state index is -6.16. The summed E-state index contributed by atoms with van der Waals surface area (Å²) < 4.78 is 89.7. The predicted octanol–water partition coefficient (Wildman–Crippen LogP) is 4.40. The molecular weight excluding hydrogens is 307 g/mol. The first kappa shape index (κ1) is 17.3. The van der Waals surface area contributed by atoms with E-state index >= 15 is 0 Å². The fourth-order valence-electron chi connectivity index (χ4n) is 1.92. The molecule has 0 aliphatic heterocycles. The second-order valence-electron chi connectivity index (χ2n) is 4.42. The van der Waals surface area contributed by atoms with Gasteiger partial charge in [0, 0.05) is 11.1 Å². The van der Waals surface area contributed by atoms with E-state index in [0.717, 1.165) is 6.21 Å². The molecule has 0 spiro atoms. The lowest BCUT2D eigenvalue weighted by Gasteiger charge is -2.31. The molecule has 21 heavy (non-hydrogen) atoms. The summed E-state index contributed by atoms with van der Waals surface area (Å²) in [6.07, 6.45) is -11.5. The quantitative estimate of drug-likeness (QED) is 0.373. The highest BCUT2D eigenvalue weighted by Crippen LogP contribution is 2.53. The second kappa shape index (κ2) is 5.19. The van der Waals surface area contributed by atoms with Crippen molar-refractivity contribution in [1.29, 1.82) is 0 Å². The van der Waals surface area contributed by atoms with Crippen LogP contribution in [-0.4, -0.2) is 23.8 Å². The molecule has 0 radical (unpaired) electrons. The maximum absolute atomic E-state index is 13.9. The molecule has 0 aromatic heterocycles. The minimum absolute atomic E-state index is 0.0849. The minimum Gasteiger partial charge on any atom is -0.411 e. The molecule has 0 heterocycles. The molecule has 9 heteroatoms. The summed E-state index contributed by atoms with van der Waals surface area (Å²) in [4.78, 5) is 0. The van der Waals surface area contributed by atoms with Crippen LogP contribution in [0.25, 0.3) is 0 Å². The summed E-state index contributed by atoms with van der Waals surface area (Å²) in [7, 11) is 0. The first-order valence-corrected chi connectivity index (χ1v) is 5.47. The van der Waals surface area contributed by atoms with E-state index in [4.69, 9.17) is 5.21 Å². The van der Waals surface area contributed by atoms with Gasteiger partial charge in [-0.15, -0.1) is 0 Å². The van der Waals surface area contributed by atoms with Gasteiger partial charge in [-0.3, -0.25) is 0 Å². The number of halogens is 7. The van der Waals surface area contributed by atoms with Gasteiger partial charge in [0.15, 0.2) is 0 Å². The third kappa shape index (κ3) is 2.81. The largest absolute Gasteiger partial charge is 0.435 e. The van der Waals surface area contributed by atoms with E-state index in [1.54, 1.807) is 0 Å². The molecule has 0 aliphatic carbocycles. The highest BCUT2D eigenvalue weighted by molar-refractivity contribution is 5.83. The first-order chi connectivity index (χ1) is 9.36. The Hall–Kier alpha value is -1.80. The Labute approximate surface area is 114 Å². The summed E-state index contributed by atoms with van der Waals surface area (Å²) in [5, 5.41) is 11.0. The Morgan fingerprint density at radius 1 is 0.905 bits per heavy atom. The number of nitrogens with zero attached hydrogens (tertiary/aromatic N) is 1. The van der Waals surface area contributed by atoms with Gasteiger partial charge in [0.2, 0.25) is 0 Å². The van der Waals surface area contributed by atoms with E-state index in [2.05, 4.69) is 5.16 Å². The van der Waals surface area contributed by atoms with Gasteiger partial charge in [0.05, 0.1) is 6.21 Å². The van der Waals surface area contributed by atoms with Gasteiger partial charge >= 0.3 is 18.0 Å².